The summed E-state index contributed by atoms with van der Waals surface area (Å²) in [5.41, 5.74) is 2.45. The maximum atomic E-state index is 9.13. The van der Waals surface area contributed by atoms with E-state index in [1.54, 1.807) is 0 Å². The molecule has 4 heteroatoms. The van der Waals surface area contributed by atoms with Crippen molar-refractivity contribution in [1.82, 2.24) is 9.55 Å². The maximum absolute atomic E-state index is 9.13. The number of imidazole rings is 1. The Balaban J connectivity index is 2.78. The van der Waals surface area contributed by atoms with Gasteiger partial charge in [0.15, 0.2) is 4.77 Å². The van der Waals surface area contributed by atoms with Crippen LogP contribution in [0.2, 0.25) is 0 Å². The Labute approximate surface area is 112 Å². The number of hydrogen-bond donors (Lipinski definition) is 1. The smallest absolute Gasteiger partial charge is 0.178 e. The van der Waals surface area contributed by atoms with Gasteiger partial charge in [0.1, 0.15) is 6.07 Å². The van der Waals surface area contributed by atoms with Crippen LogP contribution in [-0.2, 0) is 5.54 Å². The number of fused-ring (bicyclic) bond motifs is 1. The molecule has 0 spiro atoms. The molecule has 0 aliphatic heterocycles. The largest absolute Gasteiger partial charge is 0.329 e. The third-order valence-corrected chi connectivity index (χ3v) is 3.59. The molecule has 3 nitrogen and oxygen atoms in total. The van der Waals surface area contributed by atoms with Gasteiger partial charge in [-0.25, -0.2) is 0 Å². The molecule has 1 aromatic heterocycles. The van der Waals surface area contributed by atoms with E-state index in [2.05, 4.69) is 36.4 Å². The van der Waals surface area contributed by atoms with Crippen LogP contribution in [0.15, 0.2) is 18.2 Å². The Kier molecular flexibility index (Phi) is 3.27. The van der Waals surface area contributed by atoms with Crippen molar-refractivity contribution in [2.24, 2.45) is 0 Å². The molecule has 0 aliphatic rings. The SMILES string of the molecule is CCCC(C)(C)n1c(=S)[nH]c2c(C#N)cccc21. The first-order chi connectivity index (χ1) is 8.51. The zero-order valence-corrected chi connectivity index (χ0v) is 11.8. The third-order valence-electron chi connectivity index (χ3n) is 3.31. The quantitative estimate of drug-likeness (QED) is 0.843. The van der Waals surface area contributed by atoms with Crippen LogP contribution in [0.5, 0.6) is 0 Å². The van der Waals surface area contributed by atoms with Crippen molar-refractivity contribution >= 4 is 23.3 Å². The normalized spacial score (nSPS) is 11.7. The van der Waals surface area contributed by atoms with Gasteiger partial charge in [-0.05, 0) is 44.6 Å². The zero-order chi connectivity index (χ0) is 13.3. The summed E-state index contributed by atoms with van der Waals surface area (Å²) in [5, 5.41) is 9.13. The molecule has 1 N–H and O–H groups in total. The third kappa shape index (κ3) is 1.95. The summed E-state index contributed by atoms with van der Waals surface area (Å²) >= 11 is 5.42. The number of rotatable bonds is 3. The highest BCUT2D eigenvalue weighted by molar-refractivity contribution is 7.71. The molecule has 0 saturated heterocycles. The van der Waals surface area contributed by atoms with E-state index < -0.39 is 0 Å². The van der Waals surface area contributed by atoms with E-state index in [9.17, 15) is 0 Å². The predicted octanol–water partition coefficient (Wildman–Crippen LogP) is 4.11. The molecule has 2 aromatic rings. The lowest BCUT2D eigenvalue weighted by molar-refractivity contribution is 0.330. The lowest BCUT2D eigenvalue weighted by atomic mass is 9.98. The van der Waals surface area contributed by atoms with Crippen LogP contribution in [0.1, 0.15) is 39.2 Å². The molecule has 1 heterocycles. The van der Waals surface area contributed by atoms with Crippen LogP contribution in [0, 0.1) is 16.1 Å². The van der Waals surface area contributed by atoms with Crippen molar-refractivity contribution in [1.29, 1.82) is 5.26 Å². The summed E-state index contributed by atoms with van der Waals surface area (Å²) in [4.78, 5) is 3.17. The van der Waals surface area contributed by atoms with E-state index >= 15 is 0 Å². The Bertz CT molecular complexity index is 670. The minimum absolute atomic E-state index is 0.0435. The molecule has 0 saturated carbocycles. The number of para-hydroxylation sites is 1. The number of aromatic amines is 1. The molecule has 0 fully saturated rings. The fraction of sp³-hybridized carbons (Fsp3) is 0.429. The van der Waals surface area contributed by atoms with Crippen molar-refractivity contribution in [3.05, 3.63) is 28.5 Å². The first kappa shape index (κ1) is 12.8. The van der Waals surface area contributed by atoms with Crippen molar-refractivity contribution in [3.8, 4) is 6.07 Å². The molecule has 0 unspecified atom stereocenters. The summed E-state index contributed by atoms with van der Waals surface area (Å²) < 4.78 is 2.81. The molecule has 2 rings (SSSR count). The highest BCUT2D eigenvalue weighted by Gasteiger charge is 2.23. The number of nitriles is 1. The van der Waals surface area contributed by atoms with Crippen LogP contribution >= 0.6 is 12.2 Å². The number of benzene rings is 1. The molecule has 0 amide bonds. The number of nitrogens with zero attached hydrogens (tertiary/aromatic N) is 2. The second-order valence-electron chi connectivity index (χ2n) is 5.14. The van der Waals surface area contributed by atoms with Crippen molar-refractivity contribution < 1.29 is 0 Å². The Morgan fingerprint density at radius 3 is 2.78 bits per heavy atom. The van der Waals surface area contributed by atoms with Gasteiger partial charge in [-0.3, -0.25) is 0 Å². The molecule has 0 aliphatic carbocycles. The first-order valence-corrected chi connectivity index (χ1v) is 6.56. The topological polar surface area (TPSA) is 44.5 Å². The molecule has 18 heavy (non-hydrogen) atoms. The van der Waals surface area contributed by atoms with E-state index in [0.29, 0.717) is 10.3 Å². The summed E-state index contributed by atoms with van der Waals surface area (Å²) in [6, 6.07) is 7.93. The average Bonchev–Trinajstić information content (AvgIpc) is 2.65. The number of H-pyrrole nitrogens is 1. The minimum Gasteiger partial charge on any atom is -0.329 e. The number of aromatic nitrogens is 2. The van der Waals surface area contributed by atoms with Crippen LogP contribution < -0.4 is 0 Å². The fourth-order valence-corrected chi connectivity index (χ4v) is 3.00. The van der Waals surface area contributed by atoms with Crippen molar-refractivity contribution in [2.45, 2.75) is 39.2 Å². The van der Waals surface area contributed by atoms with Gasteiger partial charge in [0.25, 0.3) is 0 Å². The molecule has 94 valence electrons. The van der Waals surface area contributed by atoms with Gasteiger partial charge in [0, 0.05) is 5.54 Å². The molecular formula is C14H17N3S. The second kappa shape index (κ2) is 4.58. The second-order valence-corrected chi connectivity index (χ2v) is 5.53. The van der Waals surface area contributed by atoms with Gasteiger partial charge >= 0.3 is 0 Å². The van der Waals surface area contributed by atoms with Crippen molar-refractivity contribution in [3.63, 3.8) is 0 Å². The standard InChI is InChI=1S/C14H17N3S/c1-4-8-14(2,3)17-11-7-5-6-10(9-15)12(11)16-13(17)18/h5-7H,4,8H2,1-3H3,(H,16,18). The summed E-state index contributed by atoms with van der Waals surface area (Å²) in [6.45, 7) is 6.53. The summed E-state index contributed by atoms with van der Waals surface area (Å²) in [7, 11) is 0. The Hall–Kier alpha value is -1.60. The van der Waals surface area contributed by atoms with E-state index in [-0.39, 0.29) is 5.54 Å². The fourth-order valence-electron chi connectivity index (χ4n) is 2.55. The first-order valence-electron chi connectivity index (χ1n) is 6.15. The van der Waals surface area contributed by atoms with Crippen LogP contribution in [0.4, 0.5) is 0 Å². The van der Waals surface area contributed by atoms with Gasteiger partial charge in [0.2, 0.25) is 0 Å². The summed E-state index contributed by atoms with van der Waals surface area (Å²) in [6.07, 6.45) is 2.14. The van der Waals surface area contributed by atoms with Gasteiger partial charge in [-0.1, -0.05) is 19.4 Å². The summed E-state index contributed by atoms with van der Waals surface area (Å²) in [5.74, 6) is 0. The Morgan fingerprint density at radius 1 is 1.44 bits per heavy atom. The molecule has 0 bridgehead atoms. The minimum atomic E-state index is -0.0435. The van der Waals surface area contributed by atoms with Crippen LogP contribution in [0.25, 0.3) is 11.0 Å². The van der Waals surface area contributed by atoms with E-state index in [1.165, 1.54) is 0 Å². The lowest BCUT2D eigenvalue weighted by Gasteiger charge is -2.27. The highest BCUT2D eigenvalue weighted by Crippen LogP contribution is 2.28. The maximum Gasteiger partial charge on any atom is 0.178 e. The molecule has 0 atom stereocenters. The Morgan fingerprint density at radius 2 is 2.17 bits per heavy atom. The zero-order valence-electron chi connectivity index (χ0n) is 10.9. The van der Waals surface area contributed by atoms with Gasteiger partial charge in [-0.15, -0.1) is 0 Å². The molecular weight excluding hydrogens is 242 g/mol. The van der Waals surface area contributed by atoms with E-state index in [1.807, 2.05) is 18.2 Å². The average molecular weight is 259 g/mol. The van der Waals surface area contributed by atoms with Gasteiger partial charge in [-0.2, -0.15) is 5.26 Å². The predicted molar refractivity (Wildman–Crippen MR) is 76.1 cm³/mol. The monoisotopic (exact) mass is 259 g/mol. The van der Waals surface area contributed by atoms with Crippen molar-refractivity contribution in [2.75, 3.05) is 0 Å². The molecule has 0 radical (unpaired) electrons. The highest BCUT2D eigenvalue weighted by atomic mass is 32.1. The number of nitrogens with one attached hydrogen (secondary N) is 1. The number of hydrogen-bond acceptors (Lipinski definition) is 2. The van der Waals surface area contributed by atoms with E-state index in [0.717, 1.165) is 23.9 Å². The van der Waals surface area contributed by atoms with E-state index in [4.69, 9.17) is 17.5 Å². The molecule has 1 aromatic carbocycles. The van der Waals surface area contributed by atoms with Gasteiger partial charge < -0.3 is 9.55 Å². The van der Waals surface area contributed by atoms with Crippen LogP contribution in [0.3, 0.4) is 0 Å². The lowest BCUT2D eigenvalue weighted by Crippen LogP contribution is -2.25. The van der Waals surface area contributed by atoms with Gasteiger partial charge in [0.05, 0.1) is 16.6 Å². The van der Waals surface area contributed by atoms with Crippen LogP contribution in [-0.4, -0.2) is 9.55 Å².